The maximum absolute atomic E-state index is 10.6. The molecule has 11 nitrogen and oxygen atoms in total. The van der Waals surface area contributed by atoms with Crippen molar-refractivity contribution in [2.24, 2.45) is 0 Å². The van der Waals surface area contributed by atoms with Crippen LogP contribution in [0.2, 0.25) is 0 Å². The van der Waals surface area contributed by atoms with Gasteiger partial charge in [0.25, 0.3) is 0 Å². The van der Waals surface area contributed by atoms with Crippen molar-refractivity contribution in [2.45, 2.75) is 45.0 Å². The summed E-state index contributed by atoms with van der Waals surface area (Å²) in [6.07, 6.45) is 1.84. The molecule has 0 bridgehead atoms. The number of aromatic nitrogens is 6. The van der Waals surface area contributed by atoms with Crippen molar-refractivity contribution in [3.8, 4) is 23.1 Å². The Balaban J connectivity index is 0.000000448. The quantitative estimate of drug-likeness (QED) is 0.384. The Kier molecular flexibility index (Phi) is 8.10. The molecule has 5 heterocycles. The molecule has 5 rings (SSSR count). The third kappa shape index (κ3) is 6.15. The van der Waals surface area contributed by atoms with E-state index in [0.29, 0.717) is 22.9 Å². The summed E-state index contributed by atoms with van der Waals surface area (Å²) in [5, 5.41) is 33.4. The van der Waals surface area contributed by atoms with Crippen LogP contribution in [0, 0.1) is 18.3 Å². The molecule has 0 saturated carbocycles. The van der Waals surface area contributed by atoms with Gasteiger partial charge < -0.3 is 15.2 Å². The number of nitrogens with one attached hydrogen (secondary N) is 1. The van der Waals surface area contributed by atoms with Gasteiger partial charge in [-0.05, 0) is 58.0 Å². The highest BCUT2D eigenvalue weighted by Gasteiger charge is 2.38. The number of hydrogen-bond acceptors (Lipinski definition) is 8. The number of carboxylic acids is 1. The first-order chi connectivity index (χ1) is 18.6. The molecular formula is C25H25F3N8O3. The van der Waals surface area contributed by atoms with Crippen molar-refractivity contribution in [2.75, 3.05) is 13.1 Å². The number of carbonyl (C=O) groups is 1. The van der Waals surface area contributed by atoms with Gasteiger partial charge in [0.2, 0.25) is 0 Å². The first-order valence-corrected chi connectivity index (χ1v) is 12.0. The van der Waals surface area contributed by atoms with Crippen molar-refractivity contribution in [3.05, 3.63) is 59.8 Å². The van der Waals surface area contributed by atoms with Crippen LogP contribution in [0.25, 0.3) is 16.8 Å². The molecule has 204 valence electrons. The lowest BCUT2D eigenvalue weighted by Gasteiger charge is -2.23. The number of nitriles is 1. The molecule has 2 N–H and O–H groups in total. The summed E-state index contributed by atoms with van der Waals surface area (Å²) in [7, 11) is 0. The molecular weight excluding hydrogens is 517 g/mol. The van der Waals surface area contributed by atoms with Crippen LogP contribution in [0.5, 0.6) is 5.75 Å². The van der Waals surface area contributed by atoms with Crippen LogP contribution >= 0.6 is 0 Å². The van der Waals surface area contributed by atoms with E-state index in [0.717, 1.165) is 48.6 Å². The van der Waals surface area contributed by atoms with Crippen molar-refractivity contribution in [1.29, 1.82) is 5.26 Å². The van der Waals surface area contributed by atoms with Gasteiger partial charge in [0, 0.05) is 18.0 Å². The van der Waals surface area contributed by atoms with Crippen LogP contribution in [0.1, 0.15) is 48.9 Å². The molecule has 4 aromatic rings. The Morgan fingerprint density at radius 3 is 2.64 bits per heavy atom. The molecule has 0 unspecified atom stereocenters. The molecule has 1 saturated heterocycles. The maximum atomic E-state index is 10.6. The summed E-state index contributed by atoms with van der Waals surface area (Å²) in [4.78, 5) is 13.3. The van der Waals surface area contributed by atoms with E-state index < -0.39 is 12.1 Å². The lowest BCUT2D eigenvalue weighted by molar-refractivity contribution is -0.192. The third-order valence-corrected chi connectivity index (χ3v) is 6.20. The number of alkyl halides is 3. The molecule has 0 amide bonds. The van der Waals surface area contributed by atoms with E-state index in [1.54, 1.807) is 16.9 Å². The van der Waals surface area contributed by atoms with Crippen molar-refractivity contribution >= 4 is 11.5 Å². The average Bonchev–Trinajstić information content (AvgIpc) is 3.52. The highest BCUT2D eigenvalue weighted by molar-refractivity contribution is 5.75. The highest BCUT2D eigenvalue weighted by Crippen LogP contribution is 2.34. The fourth-order valence-corrected chi connectivity index (χ4v) is 4.26. The summed E-state index contributed by atoms with van der Waals surface area (Å²) < 4.78 is 41.7. The zero-order valence-corrected chi connectivity index (χ0v) is 21.1. The van der Waals surface area contributed by atoms with Gasteiger partial charge in [0.1, 0.15) is 34.7 Å². The van der Waals surface area contributed by atoms with Crippen LogP contribution in [-0.2, 0) is 4.79 Å². The first kappa shape index (κ1) is 27.5. The molecule has 0 spiro atoms. The average molecular weight is 543 g/mol. The molecule has 14 heteroatoms. The molecule has 0 radical (unpaired) electrons. The van der Waals surface area contributed by atoms with E-state index in [-0.39, 0.29) is 6.10 Å². The van der Waals surface area contributed by atoms with Crippen LogP contribution in [0.3, 0.4) is 0 Å². The number of nitrogens with zero attached hydrogens (tertiary/aromatic N) is 7. The Hall–Kier alpha value is -4.51. The number of hydrogen-bond donors (Lipinski definition) is 2. The Morgan fingerprint density at radius 2 is 2.03 bits per heavy atom. The van der Waals surface area contributed by atoms with Gasteiger partial charge in [0.15, 0.2) is 0 Å². The number of pyridine rings is 2. The predicted octanol–water partition coefficient (Wildman–Crippen LogP) is 3.87. The summed E-state index contributed by atoms with van der Waals surface area (Å²) >= 11 is 0. The Labute approximate surface area is 220 Å². The minimum atomic E-state index is -5.08. The number of piperidine rings is 1. The number of carboxylic acid groups (broad SMARTS) is 1. The van der Waals surface area contributed by atoms with E-state index >= 15 is 0 Å². The largest absolute Gasteiger partial charge is 0.490 e. The second kappa shape index (κ2) is 11.5. The second-order valence-corrected chi connectivity index (χ2v) is 8.82. The maximum Gasteiger partial charge on any atom is 0.490 e. The topological polar surface area (TPSA) is 143 Å². The molecule has 1 aliphatic rings. The van der Waals surface area contributed by atoms with E-state index in [1.165, 1.54) is 0 Å². The molecule has 1 aliphatic heterocycles. The zero-order valence-electron chi connectivity index (χ0n) is 21.1. The third-order valence-electron chi connectivity index (χ3n) is 6.20. The zero-order chi connectivity index (χ0) is 28.2. The first-order valence-electron chi connectivity index (χ1n) is 12.0. The number of rotatable bonds is 5. The molecule has 0 aliphatic carbocycles. The van der Waals surface area contributed by atoms with Crippen LogP contribution in [0.4, 0.5) is 13.2 Å². The minimum absolute atomic E-state index is 0.303. The fraction of sp³-hybridized carbons (Fsp3) is 0.360. The van der Waals surface area contributed by atoms with Gasteiger partial charge in [-0.2, -0.15) is 23.5 Å². The smallest absolute Gasteiger partial charge is 0.482 e. The summed E-state index contributed by atoms with van der Waals surface area (Å²) in [5.74, 6) is -2.20. The second-order valence-electron chi connectivity index (χ2n) is 8.82. The molecule has 1 atom stereocenters. The summed E-state index contributed by atoms with van der Waals surface area (Å²) in [5.41, 5.74) is 4.52. The van der Waals surface area contributed by atoms with Gasteiger partial charge in [0.05, 0.1) is 23.6 Å². The Bertz CT molecular complexity index is 1490. The highest BCUT2D eigenvalue weighted by atomic mass is 19.4. The lowest BCUT2D eigenvalue weighted by atomic mass is 10.1. The van der Waals surface area contributed by atoms with E-state index in [4.69, 9.17) is 14.6 Å². The van der Waals surface area contributed by atoms with Crippen molar-refractivity contribution < 1.29 is 27.8 Å². The van der Waals surface area contributed by atoms with E-state index in [9.17, 15) is 18.4 Å². The lowest BCUT2D eigenvalue weighted by Crippen LogP contribution is -2.30. The number of fused-ring (bicyclic) bond motifs is 1. The minimum Gasteiger partial charge on any atom is -0.482 e. The van der Waals surface area contributed by atoms with Gasteiger partial charge in [-0.25, -0.2) is 14.0 Å². The molecule has 0 aromatic carbocycles. The monoisotopic (exact) mass is 542 g/mol. The van der Waals surface area contributed by atoms with E-state index in [1.807, 2.05) is 49.0 Å². The standard InChI is InChI=1S/C23H24N8O.C2HF3O2/c1-15-22(28-29-31(15)19-6-9-25-10-7-19)17-11-21(23-18(12-24)13-27-30(23)14-17)32-16(2)20-5-3-4-8-26-20;3-2(4,5)1(6)7/h3-5,8,11,13-14,16,19,25H,6-7,9-10H2,1-2H3;(H,6,7)/t16-;/m1./s1. The van der Waals surface area contributed by atoms with Gasteiger partial charge in [-0.1, -0.05) is 11.3 Å². The SMILES string of the molecule is Cc1c(-c2cc(O[C@H](C)c3ccccn3)c3c(C#N)cnn3c2)nnn1C1CCNCC1.O=C(O)C(F)(F)F. The van der Waals surface area contributed by atoms with Crippen LogP contribution in [-0.4, -0.2) is 59.9 Å². The van der Waals surface area contributed by atoms with Gasteiger partial charge in [-0.3, -0.25) is 4.98 Å². The Morgan fingerprint density at radius 1 is 1.31 bits per heavy atom. The number of halogens is 3. The van der Waals surface area contributed by atoms with Crippen LogP contribution in [0.15, 0.2) is 42.9 Å². The molecule has 39 heavy (non-hydrogen) atoms. The van der Waals surface area contributed by atoms with Gasteiger partial charge in [-0.15, -0.1) is 5.10 Å². The van der Waals surface area contributed by atoms with Gasteiger partial charge >= 0.3 is 12.1 Å². The number of aliphatic carboxylic acids is 1. The van der Waals surface area contributed by atoms with Crippen molar-refractivity contribution in [3.63, 3.8) is 0 Å². The predicted molar refractivity (Wildman–Crippen MR) is 132 cm³/mol. The molecule has 1 fully saturated rings. The fourth-order valence-electron chi connectivity index (χ4n) is 4.26. The summed E-state index contributed by atoms with van der Waals surface area (Å²) in [6, 6.07) is 10.2. The number of ether oxygens (including phenoxy) is 1. The molecule has 4 aromatic heterocycles. The van der Waals surface area contributed by atoms with Crippen molar-refractivity contribution in [1.82, 2.24) is 34.9 Å². The van der Waals surface area contributed by atoms with Crippen LogP contribution < -0.4 is 10.1 Å². The van der Waals surface area contributed by atoms with E-state index in [2.05, 4.69) is 31.8 Å². The normalized spacial score (nSPS) is 14.8. The summed E-state index contributed by atoms with van der Waals surface area (Å²) in [6.45, 7) is 5.95.